The molecular weight excluding hydrogens is 495 g/mol. The topological polar surface area (TPSA) is 74.5 Å². The summed E-state index contributed by atoms with van der Waals surface area (Å²) in [5.74, 6) is 0.473. The van der Waals surface area contributed by atoms with E-state index in [-0.39, 0.29) is 23.1 Å². The Labute approximate surface area is 211 Å². The largest absolute Gasteiger partial charge is 0.435 e. The van der Waals surface area contributed by atoms with Gasteiger partial charge >= 0.3 is 6.18 Å². The van der Waals surface area contributed by atoms with Gasteiger partial charge in [-0.25, -0.2) is 4.98 Å². The number of rotatable bonds is 3. The van der Waals surface area contributed by atoms with Crippen molar-refractivity contribution in [1.29, 1.82) is 0 Å². The molecule has 0 aliphatic carbocycles. The van der Waals surface area contributed by atoms with Gasteiger partial charge in [-0.15, -0.1) is 0 Å². The molecule has 11 heteroatoms. The molecule has 0 saturated heterocycles. The first-order valence-corrected chi connectivity index (χ1v) is 12.0. The highest BCUT2D eigenvalue weighted by molar-refractivity contribution is 6.30. The van der Waals surface area contributed by atoms with Crippen LogP contribution in [0.25, 0.3) is 11.1 Å². The van der Waals surface area contributed by atoms with Crippen LogP contribution in [-0.4, -0.2) is 50.8 Å². The van der Waals surface area contributed by atoms with Crippen LogP contribution in [0.3, 0.4) is 0 Å². The van der Waals surface area contributed by atoms with Gasteiger partial charge in [-0.2, -0.15) is 18.3 Å². The van der Waals surface area contributed by atoms with E-state index >= 15 is 0 Å². The third-order valence-corrected chi connectivity index (χ3v) is 7.11. The Kier molecular flexibility index (Phi) is 6.20. The summed E-state index contributed by atoms with van der Waals surface area (Å²) >= 11 is 6.27. The molecule has 0 unspecified atom stereocenters. The van der Waals surface area contributed by atoms with Gasteiger partial charge < -0.3 is 14.9 Å². The lowest BCUT2D eigenvalue weighted by atomic mass is 9.87. The summed E-state index contributed by atoms with van der Waals surface area (Å²) in [6.07, 6.45) is 0.127. The number of pyridine rings is 1. The molecule has 190 valence electrons. The zero-order valence-electron chi connectivity index (χ0n) is 19.8. The van der Waals surface area contributed by atoms with Crippen molar-refractivity contribution in [3.8, 4) is 11.1 Å². The van der Waals surface area contributed by atoms with Crippen LogP contribution >= 0.6 is 11.6 Å². The number of hydrogen-bond donors (Lipinski definition) is 1. The van der Waals surface area contributed by atoms with Crippen LogP contribution in [0.1, 0.15) is 51.6 Å². The number of benzene rings is 1. The number of hydrogen-bond acceptors (Lipinski definition) is 5. The van der Waals surface area contributed by atoms with Crippen LogP contribution in [0.2, 0.25) is 5.02 Å². The van der Waals surface area contributed by atoms with E-state index in [2.05, 4.69) is 10.1 Å². The Morgan fingerprint density at radius 2 is 1.89 bits per heavy atom. The summed E-state index contributed by atoms with van der Waals surface area (Å²) in [5, 5.41) is 14.0. The Morgan fingerprint density at radius 1 is 1.14 bits per heavy atom. The molecule has 3 aromatic rings. The van der Waals surface area contributed by atoms with Gasteiger partial charge in [0.05, 0.1) is 17.7 Å². The molecule has 7 nitrogen and oxygen atoms in total. The van der Waals surface area contributed by atoms with Crippen molar-refractivity contribution in [3.63, 3.8) is 0 Å². The summed E-state index contributed by atoms with van der Waals surface area (Å²) in [5.41, 5.74) is 1.20. The normalized spacial score (nSPS) is 18.2. The summed E-state index contributed by atoms with van der Waals surface area (Å²) in [4.78, 5) is 22.2. The number of aryl methyl sites for hydroxylation is 1. The van der Waals surface area contributed by atoms with Crippen molar-refractivity contribution < 1.29 is 23.1 Å². The minimum absolute atomic E-state index is 0.102. The molecule has 1 atom stereocenters. The van der Waals surface area contributed by atoms with E-state index in [1.807, 2.05) is 18.0 Å². The fourth-order valence-corrected chi connectivity index (χ4v) is 5.49. The van der Waals surface area contributed by atoms with Gasteiger partial charge in [-0.1, -0.05) is 11.6 Å². The van der Waals surface area contributed by atoms with E-state index in [9.17, 15) is 23.1 Å². The van der Waals surface area contributed by atoms with Gasteiger partial charge in [0, 0.05) is 56.3 Å². The zero-order chi connectivity index (χ0) is 25.8. The average Bonchev–Trinajstić information content (AvgIpc) is 3.16. The Balaban J connectivity index is 1.62. The fourth-order valence-electron chi connectivity index (χ4n) is 5.32. The smallest absolute Gasteiger partial charge is 0.392 e. The van der Waals surface area contributed by atoms with E-state index in [0.717, 1.165) is 29.0 Å². The van der Waals surface area contributed by atoms with Gasteiger partial charge in [0.2, 0.25) is 0 Å². The third-order valence-electron chi connectivity index (χ3n) is 6.90. The van der Waals surface area contributed by atoms with Crippen molar-refractivity contribution in [2.45, 2.75) is 38.1 Å². The molecule has 2 aliphatic heterocycles. The van der Waals surface area contributed by atoms with E-state index in [4.69, 9.17) is 11.6 Å². The molecule has 2 aromatic heterocycles. The summed E-state index contributed by atoms with van der Waals surface area (Å²) in [6.45, 7) is 0.696. The first-order valence-electron chi connectivity index (χ1n) is 11.6. The van der Waals surface area contributed by atoms with Crippen LogP contribution in [0.15, 0.2) is 30.6 Å². The number of halogens is 4. The number of carbonyl (C=O) groups is 1. The SMILES string of the molecule is CN1CCC[C@H](N2CCc3c(cc(CO)cc3-c3cn(C)nc3C(F)(F)F)C2=O)c2cc(Cl)cnc21. The molecule has 0 spiro atoms. The lowest BCUT2D eigenvalue weighted by molar-refractivity contribution is -0.140. The van der Waals surface area contributed by atoms with Crippen LogP contribution in [0, 0.1) is 0 Å². The molecule has 0 radical (unpaired) electrons. The lowest BCUT2D eigenvalue weighted by Crippen LogP contribution is -2.40. The number of amides is 1. The van der Waals surface area contributed by atoms with Crippen LogP contribution in [-0.2, 0) is 26.3 Å². The Morgan fingerprint density at radius 3 is 2.61 bits per heavy atom. The predicted octanol–water partition coefficient (Wildman–Crippen LogP) is 4.62. The Hall–Kier alpha value is -3.11. The molecule has 4 heterocycles. The first kappa shape index (κ1) is 24.6. The number of anilines is 1. The number of carbonyl (C=O) groups excluding carboxylic acids is 1. The summed E-state index contributed by atoms with van der Waals surface area (Å²) < 4.78 is 42.4. The van der Waals surface area contributed by atoms with Gasteiger partial charge in [0.1, 0.15) is 5.82 Å². The highest BCUT2D eigenvalue weighted by Crippen LogP contribution is 2.42. The van der Waals surface area contributed by atoms with E-state index in [1.54, 1.807) is 17.2 Å². The molecular formula is C25H25ClF3N5O2. The molecule has 0 saturated carbocycles. The third kappa shape index (κ3) is 4.22. The zero-order valence-corrected chi connectivity index (χ0v) is 20.6. The quantitative estimate of drug-likeness (QED) is 0.547. The van der Waals surface area contributed by atoms with Crippen LogP contribution < -0.4 is 4.90 Å². The molecule has 1 aromatic carbocycles. The maximum atomic E-state index is 13.9. The maximum Gasteiger partial charge on any atom is 0.435 e. The first-order chi connectivity index (χ1) is 17.1. The highest BCUT2D eigenvalue weighted by Gasteiger charge is 2.40. The monoisotopic (exact) mass is 519 g/mol. The van der Waals surface area contributed by atoms with E-state index < -0.39 is 18.5 Å². The maximum absolute atomic E-state index is 13.9. The molecule has 1 amide bonds. The number of alkyl halides is 3. The number of aliphatic hydroxyl groups is 1. The summed E-state index contributed by atoms with van der Waals surface area (Å²) in [7, 11) is 3.37. The second-order valence-electron chi connectivity index (χ2n) is 9.28. The van der Waals surface area contributed by atoms with Crippen molar-refractivity contribution in [1.82, 2.24) is 19.7 Å². The average molecular weight is 520 g/mol. The van der Waals surface area contributed by atoms with E-state index in [0.29, 0.717) is 41.1 Å². The minimum Gasteiger partial charge on any atom is -0.392 e. The van der Waals surface area contributed by atoms with Crippen molar-refractivity contribution >= 4 is 23.3 Å². The predicted molar refractivity (Wildman–Crippen MR) is 129 cm³/mol. The minimum atomic E-state index is -4.66. The number of aliphatic hydroxyl groups excluding tert-OH is 1. The van der Waals surface area contributed by atoms with Gasteiger partial charge in [0.25, 0.3) is 5.91 Å². The van der Waals surface area contributed by atoms with Crippen LogP contribution in [0.4, 0.5) is 19.0 Å². The number of aromatic nitrogens is 3. The van der Waals surface area contributed by atoms with Gasteiger partial charge in [-0.05, 0) is 54.2 Å². The van der Waals surface area contributed by atoms with Crippen molar-refractivity contribution in [3.05, 3.63) is 63.6 Å². The Bertz CT molecular complexity index is 1340. The van der Waals surface area contributed by atoms with Gasteiger partial charge in [-0.3, -0.25) is 9.48 Å². The second-order valence-corrected chi connectivity index (χ2v) is 9.72. The standard InChI is InChI=1S/C25H25ClF3N5O2/c1-32-6-3-4-21(19-10-15(26)11-30-23(19)32)34-7-5-16-17(8-14(13-35)9-18(16)24(34)36)20-12-33(2)31-22(20)25(27,28)29/h8-12,21,35H,3-7,13H2,1-2H3/t21-/m0/s1. The molecule has 5 rings (SSSR count). The summed E-state index contributed by atoms with van der Waals surface area (Å²) in [6, 6.07) is 4.66. The van der Waals surface area contributed by atoms with Crippen molar-refractivity contribution in [2.24, 2.45) is 7.05 Å². The lowest BCUT2D eigenvalue weighted by Gasteiger charge is -2.36. The van der Waals surface area contributed by atoms with E-state index in [1.165, 1.54) is 19.3 Å². The fraction of sp³-hybridized carbons (Fsp3) is 0.400. The number of nitrogens with zero attached hydrogens (tertiary/aromatic N) is 5. The molecule has 2 aliphatic rings. The molecule has 0 bridgehead atoms. The van der Waals surface area contributed by atoms with Gasteiger partial charge in [0.15, 0.2) is 5.69 Å². The highest BCUT2D eigenvalue weighted by atomic mass is 35.5. The van der Waals surface area contributed by atoms with Crippen molar-refractivity contribution in [2.75, 3.05) is 25.0 Å². The van der Waals surface area contributed by atoms with Crippen LogP contribution in [0.5, 0.6) is 0 Å². The number of fused-ring (bicyclic) bond motifs is 2. The second kappa shape index (κ2) is 9.08. The molecule has 36 heavy (non-hydrogen) atoms. The molecule has 0 fully saturated rings. The molecule has 1 N–H and O–H groups in total.